The van der Waals surface area contributed by atoms with Crippen molar-refractivity contribution in [1.29, 1.82) is 0 Å². The van der Waals surface area contributed by atoms with Crippen molar-refractivity contribution in [3.63, 3.8) is 0 Å². The quantitative estimate of drug-likeness (QED) is 0.408. The van der Waals surface area contributed by atoms with Crippen LogP contribution in [0.5, 0.6) is 0 Å². The molecule has 0 saturated carbocycles. The third kappa shape index (κ3) is 6.33. The van der Waals surface area contributed by atoms with E-state index >= 15 is 0 Å². The molecule has 2 aliphatic rings. The van der Waals surface area contributed by atoms with Gasteiger partial charge in [0, 0.05) is 39.3 Å². The Balaban J connectivity index is 0.00000264. The lowest BCUT2D eigenvalue weighted by Crippen LogP contribution is -2.54. The van der Waals surface area contributed by atoms with E-state index in [-0.39, 0.29) is 36.2 Å². The molecule has 0 aromatic heterocycles. The van der Waals surface area contributed by atoms with Crippen LogP contribution in [0.4, 0.5) is 4.79 Å². The highest BCUT2D eigenvalue weighted by atomic mass is 127. The summed E-state index contributed by atoms with van der Waals surface area (Å²) in [4.78, 5) is 20.4. The van der Waals surface area contributed by atoms with Gasteiger partial charge in [0.1, 0.15) is 0 Å². The number of halogens is 1. The Bertz CT molecular complexity index is 381. The molecule has 1 N–H and O–H groups in total. The zero-order valence-electron chi connectivity index (χ0n) is 14.1. The molecule has 7 nitrogen and oxygen atoms in total. The van der Waals surface area contributed by atoms with Gasteiger partial charge in [-0.3, -0.25) is 4.99 Å². The topological polar surface area (TPSA) is 66.4 Å². The summed E-state index contributed by atoms with van der Waals surface area (Å²) < 4.78 is 10.7. The van der Waals surface area contributed by atoms with Crippen LogP contribution in [0.1, 0.15) is 26.7 Å². The van der Waals surface area contributed by atoms with Crippen LogP contribution in [0.15, 0.2) is 4.99 Å². The predicted molar refractivity (Wildman–Crippen MR) is 101 cm³/mol. The Hall–Kier alpha value is -0.770. The number of ether oxygens (including phenoxy) is 2. The molecule has 0 bridgehead atoms. The summed E-state index contributed by atoms with van der Waals surface area (Å²) in [5.74, 6) is 0.918. The molecule has 2 fully saturated rings. The van der Waals surface area contributed by atoms with Crippen LogP contribution in [0, 0.1) is 0 Å². The van der Waals surface area contributed by atoms with Gasteiger partial charge in [0.25, 0.3) is 0 Å². The Morgan fingerprint density at radius 3 is 2.52 bits per heavy atom. The number of nitrogens with zero attached hydrogens (tertiary/aromatic N) is 3. The van der Waals surface area contributed by atoms with Crippen molar-refractivity contribution in [2.45, 2.75) is 32.8 Å². The van der Waals surface area contributed by atoms with E-state index in [1.54, 1.807) is 4.90 Å². The van der Waals surface area contributed by atoms with Crippen molar-refractivity contribution in [1.82, 2.24) is 15.1 Å². The molecule has 0 aliphatic carbocycles. The molecule has 0 spiro atoms. The maximum absolute atomic E-state index is 11.7. The van der Waals surface area contributed by atoms with Crippen molar-refractivity contribution in [3.05, 3.63) is 0 Å². The Morgan fingerprint density at radius 1 is 1.26 bits per heavy atom. The van der Waals surface area contributed by atoms with E-state index in [9.17, 15) is 4.79 Å². The molecule has 1 amide bonds. The molecule has 2 aliphatic heterocycles. The molecule has 2 rings (SSSR count). The summed E-state index contributed by atoms with van der Waals surface area (Å²) >= 11 is 0. The monoisotopic (exact) mass is 440 g/mol. The molecule has 2 saturated heterocycles. The standard InChI is InChI=1S/C15H28N4O3.HI/c1-3-16-14(17-12-13-6-5-11-22-13)18-7-9-19(10-8-18)15(20)21-4-2;/h13H,3-12H2,1-2H3,(H,16,17);1H. The number of amides is 1. The van der Waals surface area contributed by atoms with Gasteiger partial charge >= 0.3 is 6.09 Å². The molecular weight excluding hydrogens is 411 g/mol. The predicted octanol–water partition coefficient (Wildman–Crippen LogP) is 1.52. The van der Waals surface area contributed by atoms with E-state index in [2.05, 4.69) is 17.1 Å². The second-order valence-electron chi connectivity index (χ2n) is 5.50. The fraction of sp³-hybridized carbons (Fsp3) is 0.867. The highest BCUT2D eigenvalue weighted by Crippen LogP contribution is 2.12. The number of piperazine rings is 1. The third-order valence-electron chi connectivity index (χ3n) is 3.91. The first-order valence-electron chi connectivity index (χ1n) is 8.31. The third-order valence-corrected chi connectivity index (χ3v) is 3.91. The van der Waals surface area contributed by atoms with E-state index < -0.39 is 0 Å². The average Bonchev–Trinajstić information content (AvgIpc) is 3.05. The van der Waals surface area contributed by atoms with Crippen LogP contribution in [0.2, 0.25) is 0 Å². The molecule has 23 heavy (non-hydrogen) atoms. The lowest BCUT2D eigenvalue weighted by Gasteiger charge is -2.36. The maximum Gasteiger partial charge on any atom is 0.409 e. The lowest BCUT2D eigenvalue weighted by atomic mass is 10.2. The van der Waals surface area contributed by atoms with Crippen LogP contribution in [0.3, 0.4) is 0 Å². The van der Waals surface area contributed by atoms with Crippen molar-refractivity contribution in [2.75, 3.05) is 52.5 Å². The fourth-order valence-corrected chi connectivity index (χ4v) is 2.72. The largest absolute Gasteiger partial charge is 0.450 e. The SMILES string of the molecule is CCNC(=NCC1CCCO1)N1CCN(C(=O)OCC)CC1.I. The van der Waals surface area contributed by atoms with Gasteiger partial charge in [-0.2, -0.15) is 0 Å². The lowest BCUT2D eigenvalue weighted by molar-refractivity contribution is 0.0912. The minimum absolute atomic E-state index is 0. The van der Waals surface area contributed by atoms with E-state index in [0.717, 1.165) is 45.0 Å². The fourth-order valence-electron chi connectivity index (χ4n) is 2.72. The number of nitrogens with one attached hydrogen (secondary N) is 1. The van der Waals surface area contributed by atoms with Crippen molar-refractivity contribution < 1.29 is 14.3 Å². The van der Waals surface area contributed by atoms with Crippen molar-refractivity contribution >= 4 is 36.0 Å². The Labute approximate surface area is 155 Å². The van der Waals surface area contributed by atoms with Gasteiger partial charge in [-0.15, -0.1) is 24.0 Å². The zero-order chi connectivity index (χ0) is 15.8. The summed E-state index contributed by atoms with van der Waals surface area (Å²) in [6.45, 7) is 9.60. The minimum Gasteiger partial charge on any atom is -0.450 e. The van der Waals surface area contributed by atoms with Gasteiger partial charge in [0.15, 0.2) is 5.96 Å². The van der Waals surface area contributed by atoms with Crippen LogP contribution in [-0.2, 0) is 9.47 Å². The van der Waals surface area contributed by atoms with E-state index in [0.29, 0.717) is 26.2 Å². The van der Waals surface area contributed by atoms with Crippen LogP contribution in [-0.4, -0.2) is 80.4 Å². The summed E-state index contributed by atoms with van der Waals surface area (Å²) in [5, 5.41) is 3.33. The summed E-state index contributed by atoms with van der Waals surface area (Å²) in [7, 11) is 0. The minimum atomic E-state index is -0.219. The number of hydrogen-bond donors (Lipinski definition) is 1. The zero-order valence-corrected chi connectivity index (χ0v) is 16.5. The number of hydrogen-bond acceptors (Lipinski definition) is 4. The summed E-state index contributed by atoms with van der Waals surface area (Å²) in [5.41, 5.74) is 0. The first-order valence-corrected chi connectivity index (χ1v) is 8.31. The number of guanidine groups is 1. The molecule has 2 heterocycles. The van der Waals surface area contributed by atoms with Crippen molar-refractivity contribution in [2.24, 2.45) is 4.99 Å². The smallest absolute Gasteiger partial charge is 0.409 e. The first kappa shape index (κ1) is 20.3. The average molecular weight is 440 g/mol. The molecule has 0 aromatic carbocycles. The number of carbonyl (C=O) groups excluding carboxylic acids is 1. The number of carbonyl (C=O) groups is 1. The summed E-state index contributed by atoms with van der Waals surface area (Å²) in [6, 6.07) is 0. The molecule has 0 aromatic rings. The highest BCUT2D eigenvalue weighted by Gasteiger charge is 2.24. The van der Waals surface area contributed by atoms with Gasteiger partial charge in [0.2, 0.25) is 0 Å². The maximum atomic E-state index is 11.7. The van der Waals surface area contributed by atoms with Crippen LogP contribution >= 0.6 is 24.0 Å². The second kappa shape index (κ2) is 10.9. The van der Waals surface area contributed by atoms with Gasteiger partial charge in [-0.25, -0.2) is 4.79 Å². The van der Waals surface area contributed by atoms with E-state index in [1.165, 1.54) is 0 Å². The summed E-state index contributed by atoms with van der Waals surface area (Å²) in [6.07, 6.45) is 2.27. The first-order chi connectivity index (χ1) is 10.7. The molecule has 1 atom stereocenters. The molecule has 1 unspecified atom stereocenters. The van der Waals surface area contributed by atoms with Gasteiger partial charge < -0.3 is 24.6 Å². The molecule has 8 heteroatoms. The number of rotatable bonds is 4. The van der Waals surface area contributed by atoms with E-state index in [4.69, 9.17) is 14.5 Å². The Morgan fingerprint density at radius 2 is 1.96 bits per heavy atom. The van der Waals surface area contributed by atoms with Crippen LogP contribution < -0.4 is 5.32 Å². The van der Waals surface area contributed by atoms with Gasteiger partial charge in [-0.1, -0.05) is 0 Å². The van der Waals surface area contributed by atoms with Gasteiger partial charge in [0.05, 0.1) is 19.3 Å². The highest BCUT2D eigenvalue weighted by molar-refractivity contribution is 14.0. The van der Waals surface area contributed by atoms with Gasteiger partial charge in [-0.05, 0) is 26.7 Å². The van der Waals surface area contributed by atoms with Crippen LogP contribution in [0.25, 0.3) is 0 Å². The molecular formula is C15H29IN4O3. The van der Waals surface area contributed by atoms with E-state index in [1.807, 2.05) is 6.92 Å². The normalized spacial score (nSPS) is 21.8. The molecule has 134 valence electrons. The number of aliphatic imine (C=N–C) groups is 1. The Kier molecular flexibility index (Phi) is 9.61. The second-order valence-corrected chi connectivity index (χ2v) is 5.50. The molecule has 0 radical (unpaired) electrons. The van der Waals surface area contributed by atoms with Crippen molar-refractivity contribution in [3.8, 4) is 0 Å².